The predicted molar refractivity (Wildman–Crippen MR) is 70.4 cm³/mol. The fraction of sp³-hybridized carbons (Fsp3) is 0.833. The van der Waals surface area contributed by atoms with Crippen molar-refractivity contribution in [1.29, 1.82) is 0 Å². The number of fused-ring (bicyclic) bond motifs is 1. The van der Waals surface area contributed by atoms with E-state index in [-0.39, 0.29) is 22.7 Å². The second-order valence-electron chi connectivity index (χ2n) is 5.92. The Morgan fingerprint density at radius 1 is 1.44 bits per heavy atom. The van der Waals surface area contributed by atoms with Crippen molar-refractivity contribution in [3.63, 3.8) is 0 Å². The Labute approximate surface area is 111 Å². The van der Waals surface area contributed by atoms with E-state index in [0.29, 0.717) is 17.6 Å². The molecule has 100 valence electrons. The number of rotatable bonds is 1. The largest absolute Gasteiger partial charge is 0.335 e. The summed E-state index contributed by atoms with van der Waals surface area (Å²) in [5.41, 5.74) is -0.108. The van der Waals surface area contributed by atoms with E-state index in [4.69, 9.17) is 0 Å². The van der Waals surface area contributed by atoms with Gasteiger partial charge in [-0.15, -0.1) is 0 Å². The van der Waals surface area contributed by atoms with Crippen LogP contribution in [0.1, 0.15) is 13.8 Å². The van der Waals surface area contributed by atoms with Gasteiger partial charge < -0.3 is 15.5 Å². The molecule has 3 atom stereocenters. The molecule has 2 amide bonds. The number of nitrogens with one attached hydrogen (secondary N) is 2. The molecule has 3 aliphatic rings. The molecule has 0 aromatic carbocycles. The minimum Gasteiger partial charge on any atom is -0.335 e. The van der Waals surface area contributed by atoms with Gasteiger partial charge >= 0.3 is 0 Å². The van der Waals surface area contributed by atoms with Gasteiger partial charge in [0.15, 0.2) is 0 Å². The molecule has 3 heterocycles. The van der Waals surface area contributed by atoms with Gasteiger partial charge in [0.1, 0.15) is 6.04 Å². The van der Waals surface area contributed by atoms with E-state index in [2.05, 4.69) is 24.5 Å². The molecule has 0 aromatic heterocycles. The highest BCUT2D eigenvalue weighted by Crippen LogP contribution is 2.41. The average molecular weight is 269 g/mol. The number of amides is 2. The van der Waals surface area contributed by atoms with Gasteiger partial charge in [-0.25, -0.2) is 0 Å². The number of carbonyl (C=O) groups is 2. The van der Waals surface area contributed by atoms with Crippen LogP contribution in [-0.4, -0.2) is 53.0 Å². The lowest BCUT2D eigenvalue weighted by atomic mass is 9.84. The van der Waals surface area contributed by atoms with Crippen LogP contribution in [-0.2, 0) is 4.79 Å². The van der Waals surface area contributed by atoms with Gasteiger partial charge in [-0.1, -0.05) is 11.8 Å². The van der Waals surface area contributed by atoms with E-state index in [1.807, 2.05) is 4.90 Å². The van der Waals surface area contributed by atoms with Crippen molar-refractivity contribution >= 4 is 22.9 Å². The van der Waals surface area contributed by atoms with E-state index in [1.165, 1.54) is 11.8 Å². The predicted octanol–water partition coefficient (Wildman–Crippen LogP) is 0.268. The summed E-state index contributed by atoms with van der Waals surface area (Å²) in [5, 5.41) is 6.08. The topological polar surface area (TPSA) is 61.4 Å². The molecule has 0 radical (unpaired) electrons. The van der Waals surface area contributed by atoms with E-state index in [1.54, 1.807) is 0 Å². The van der Waals surface area contributed by atoms with Crippen molar-refractivity contribution in [2.75, 3.05) is 25.4 Å². The van der Waals surface area contributed by atoms with Crippen molar-refractivity contribution in [3.8, 4) is 0 Å². The molecule has 18 heavy (non-hydrogen) atoms. The van der Waals surface area contributed by atoms with Crippen molar-refractivity contribution in [3.05, 3.63) is 0 Å². The summed E-state index contributed by atoms with van der Waals surface area (Å²) in [5.74, 6) is 1.75. The Morgan fingerprint density at radius 3 is 2.83 bits per heavy atom. The van der Waals surface area contributed by atoms with E-state index >= 15 is 0 Å². The van der Waals surface area contributed by atoms with Crippen molar-refractivity contribution < 1.29 is 9.59 Å². The maximum Gasteiger partial charge on any atom is 0.279 e. The quantitative estimate of drug-likeness (QED) is 0.717. The van der Waals surface area contributed by atoms with Crippen molar-refractivity contribution in [2.45, 2.75) is 25.4 Å². The Kier molecular flexibility index (Phi) is 2.82. The van der Waals surface area contributed by atoms with Crippen LogP contribution in [0.4, 0.5) is 4.79 Å². The summed E-state index contributed by atoms with van der Waals surface area (Å²) in [7, 11) is 0. The number of likely N-dealkylation sites (tertiary alicyclic amines) is 1. The van der Waals surface area contributed by atoms with Crippen LogP contribution in [0, 0.1) is 11.8 Å². The zero-order valence-corrected chi connectivity index (χ0v) is 11.5. The fourth-order valence-electron chi connectivity index (χ4n) is 3.50. The van der Waals surface area contributed by atoms with Crippen LogP contribution in [0.5, 0.6) is 0 Å². The van der Waals surface area contributed by atoms with Crippen molar-refractivity contribution in [1.82, 2.24) is 15.5 Å². The van der Waals surface area contributed by atoms with Crippen LogP contribution in [0.25, 0.3) is 0 Å². The maximum atomic E-state index is 12.5. The number of nitrogens with zero attached hydrogens (tertiary/aromatic N) is 1. The summed E-state index contributed by atoms with van der Waals surface area (Å²) in [6, 6.07) is -0.325. The molecule has 3 unspecified atom stereocenters. The second kappa shape index (κ2) is 4.13. The first-order chi connectivity index (χ1) is 8.50. The molecule has 3 rings (SSSR count). The molecule has 6 heteroatoms. The zero-order valence-electron chi connectivity index (χ0n) is 10.7. The maximum absolute atomic E-state index is 12.5. The molecule has 0 aromatic rings. The Balaban J connectivity index is 1.76. The molecule has 3 fully saturated rings. The molecule has 0 saturated carbocycles. The third-order valence-corrected chi connectivity index (χ3v) is 5.48. The first-order valence-corrected chi connectivity index (χ1v) is 7.44. The molecule has 2 N–H and O–H groups in total. The van der Waals surface area contributed by atoms with Gasteiger partial charge in [0.2, 0.25) is 5.91 Å². The lowest BCUT2D eigenvalue weighted by molar-refractivity contribution is -0.136. The van der Waals surface area contributed by atoms with Gasteiger partial charge in [0.05, 0.1) is 0 Å². The van der Waals surface area contributed by atoms with E-state index in [9.17, 15) is 9.59 Å². The highest BCUT2D eigenvalue weighted by molar-refractivity contribution is 8.14. The molecular formula is C12H19N3O2S. The number of hydrogen-bond acceptors (Lipinski definition) is 4. The normalized spacial score (nSPS) is 37.8. The summed E-state index contributed by atoms with van der Waals surface area (Å²) in [6.45, 7) is 7.11. The monoisotopic (exact) mass is 269 g/mol. The summed E-state index contributed by atoms with van der Waals surface area (Å²) >= 11 is 1.20. The van der Waals surface area contributed by atoms with Gasteiger partial charge in [-0.3, -0.25) is 9.59 Å². The van der Waals surface area contributed by atoms with E-state index in [0.717, 1.165) is 19.6 Å². The number of carbonyl (C=O) groups excluding carboxylic acids is 2. The molecular weight excluding hydrogens is 250 g/mol. The van der Waals surface area contributed by atoms with Crippen LogP contribution in [0.3, 0.4) is 0 Å². The third-order valence-electron chi connectivity index (χ3n) is 4.60. The number of hydrogen-bond donors (Lipinski definition) is 2. The smallest absolute Gasteiger partial charge is 0.279 e. The first-order valence-electron chi connectivity index (χ1n) is 6.45. The van der Waals surface area contributed by atoms with Crippen LogP contribution in [0.2, 0.25) is 0 Å². The van der Waals surface area contributed by atoms with Crippen LogP contribution in [0.15, 0.2) is 0 Å². The highest BCUT2D eigenvalue weighted by atomic mass is 32.2. The molecule has 3 saturated heterocycles. The van der Waals surface area contributed by atoms with Crippen molar-refractivity contribution in [2.24, 2.45) is 11.8 Å². The minimum atomic E-state index is -0.325. The minimum absolute atomic E-state index is 0.0767. The van der Waals surface area contributed by atoms with Gasteiger partial charge in [0, 0.05) is 30.9 Å². The second-order valence-corrected chi connectivity index (χ2v) is 6.92. The average Bonchev–Trinajstić information content (AvgIpc) is 2.96. The molecule has 0 bridgehead atoms. The number of thioether (sulfide) groups is 1. The standard InChI is InChI=1S/C12H19N3O2S/c1-12(2)8-4-13-3-7(8)5-15(12)10(16)9-6-18-11(17)14-9/h7-9,13H,3-6H2,1-2H3,(H,14,17). The van der Waals surface area contributed by atoms with E-state index < -0.39 is 0 Å². The molecule has 3 aliphatic heterocycles. The first kappa shape index (κ1) is 12.3. The van der Waals surface area contributed by atoms with Crippen LogP contribution >= 0.6 is 11.8 Å². The van der Waals surface area contributed by atoms with Crippen LogP contribution < -0.4 is 10.6 Å². The van der Waals surface area contributed by atoms with Gasteiger partial charge in [0.25, 0.3) is 5.24 Å². The Morgan fingerprint density at radius 2 is 2.22 bits per heavy atom. The molecule has 0 aliphatic carbocycles. The molecule has 5 nitrogen and oxygen atoms in total. The summed E-state index contributed by atoms with van der Waals surface area (Å²) < 4.78 is 0. The van der Waals surface area contributed by atoms with Gasteiger partial charge in [-0.05, 0) is 25.7 Å². The Hall–Kier alpha value is -0.750. The SMILES string of the molecule is CC1(C)C2CNCC2CN1C(=O)C1CSC(=O)N1. The van der Waals surface area contributed by atoms with Gasteiger partial charge in [-0.2, -0.15) is 0 Å². The zero-order chi connectivity index (χ0) is 12.9. The summed E-state index contributed by atoms with van der Waals surface area (Å²) in [6.07, 6.45) is 0. The molecule has 0 spiro atoms. The highest BCUT2D eigenvalue weighted by Gasteiger charge is 2.52. The Bertz CT molecular complexity index is 399. The summed E-state index contributed by atoms with van der Waals surface area (Å²) in [4.78, 5) is 25.7. The third kappa shape index (κ3) is 1.73. The lowest BCUT2D eigenvalue weighted by Gasteiger charge is -2.36. The lowest BCUT2D eigenvalue weighted by Crippen LogP contribution is -2.53. The fourth-order valence-corrected chi connectivity index (χ4v) is 4.27.